The van der Waals surface area contributed by atoms with Gasteiger partial charge in [0.2, 0.25) is 0 Å². The number of carbonyl (C=O) groups is 1. The van der Waals surface area contributed by atoms with Gasteiger partial charge in [0, 0.05) is 0 Å². The third-order valence-electron chi connectivity index (χ3n) is 0.476. The largest absolute Gasteiger partial charge is 0.481 e. The molecule has 2 nitrogen and oxygen atoms in total. The summed E-state index contributed by atoms with van der Waals surface area (Å²) >= 11 is 0. The van der Waals surface area contributed by atoms with E-state index >= 15 is 0 Å². The molecule has 0 unspecified atom stereocenters. The van der Waals surface area contributed by atoms with Gasteiger partial charge in [0.1, 0.15) is 0 Å². The molecule has 0 rings (SSSR count). The quantitative estimate of drug-likeness (QED) is 0.561. The molecule has 0 aromatic heterocycles. The fraction of sp³-hybridized carbons (Fsp3) is 0.600. The van der Waals surface area contributed by atoms with E-state index < -0.39 is 5.97 Å². The third kappa shape index (κ3) is 5.47. The lowest BCUT2D eigenvalue weighted by atomic mass is 10.1. The Morgan fingerprint density at radius 3 is 2.14 bits per heavy atom. The fourth-order valence-electron chi connectivity index (χ4n) is 0.285. The van der Waals surface area contributed by atoms with Crippen molar-refractivity contribution in [2.75, 3.05) is 0 Å². The van der Waals surface area contributed by atoms with Crippen LogP contribution >= 0.6 is 0 Å². The molecule has 41 valence electrons. The molecule has 7 heavy (non-hydrogen) atoms. The van der Waals surface area contributed by atoms with Crippen LogP contribution in [0.25, 0.3) is 0 Å². The van der Waals surface area contributed by atoms with E-state index in [9.17, 15) is 4.79 Å². The summed E-state index contributed by atoms with van der Waals surface area (Å²) in [5, 5.41) is 8.03. The first-order valence-corrected chi connectivity index (χ1v) is 2.20. The summed E-state index contributed by atoms with van der Waals surface area (Å²) in [6.45, 7) is 3.66. The average molecular weight is 101 g/mol. The molecule has 0 heterocycles. The highest BCUT2D eigenvalue weighted by Gasteiger charge is 1.99. The van der Waals surface area contributed by atoms with Crippen LogP contribution in [0.3, 0.4) is 0 Å². The van der Waals surface area contributed by atoms with Gasteiger partial charge in [-0.15, -0.1) is 0 Å². The minimum atomic E-state index is -0.838. The highest BCUT2D eigenvalue weighted by molar-refractivity contribution is 5.76. The van der Waals surface area contributed by atoms with E-state index in [0.29, 0.717) is 0 Å². The summed E-state index contributed by atoms with van der Waals surface area (Å²) in [6, 6.07) is 0. The van der Waals surface area contributed by atoms with Crippen LogP contribution in [0, 0.1) is 12.3 Å². The SMILES string of the molecule is CC(C)[CH]C(=O)O. The van der Waals surface area contributed by atoms with Gasteiger partial charge in [0.25, 0.3) is 0 Å². The van der Waals surface area contributed by atoms with Gasteiger partial charge >= 0.3 is 5.97 Å². The van der Waals surface area contributed by atoms with Crippen molar-refractivity contribution in [1.29, 1.82) is 0 Å². The topological polar surface area (TPSA) is 37.3 Å². The van der Waals surface area contributed by atoms with E-state index in [1.165, 1.54) is 6.42 Å². The second-order valence-electron chi connectivity index (χ2n) is 1.75. The molecule has 0 aliphatic carbocycles. The predicted molar refractivity (Wildman–Crippen MR) is 26.8 cm³/mol. The van der Waals surface area contributed by atoms with Crippen molar-refractivity contribution in [2.24, 2.45) is 5.92 Å². The monoisotopic (exact) mass is 101 g/mol. The van der Waals surface area contributed by atoms with Gasteiger partial charge < -0.3 is 5.11 Å². The Morgan fingerprint density at radius 1 is 1.71 bits per heavy atom. The number of aliphatic carboxylic acids is 1. The van der Waals surface area contributed by atoms with Crippen LogP contribution < -0.4 is 0 Å². The zero-order valence-corrected chi connectivity index (χ0v) is 4.51. The van der Waals surface area contributed by atoms with Crippen molar-refractivity contribution in [1.82, 2.24) is 0 Å². The van der Waals surface area contributed by atoms with Crippen LogP contribution in [0.4, 0.5) is 0 Å². The van der Waals surface area contributed by atoms with Crippen LogP contribution in [0.15, 0.2) is 0 Å². The maximum absolute atomic E-state index is 9.75. The number of hydrogen-bond acceptors (Lipinski definition) is 1. The van der Waals surface area contributed by atoms with Gasteiger partial charge in [0.15, 0.2) is 0 Å². The zero-order valence-electron chi connectivity index (χ0n) is 4.51. The molecule has 0 atom stereocenters. The summed E-state index contributed by atoms with van der Waals surface area (Å²) in [5.41, 5.74) is 0. The molecule has 0 fully saturated rings. The molecule has 0 aliphatic heterocycles. The van der Waals surface area contributed by atoms with Gasteiger partial charge in [-0.25, -0.2) is 0 Å². The van der Waals surface area contributed by atoms with Gasteiger partial charge in [-0.1, -0.05) is 13.8 Å². The predicted octanol–water partition coefficient (Wildman–Crippen LogP) is 0.931. The maximum atomic E-state index is 9.75. The van der Waals surface area contributed by atoms with Crippen LogP contribution in [-0.2, 0) is 4.79 Å². The van der Waals surface area contributed by atoms with Crippen molar-refractivity contribution in [3.8, 4) is 0 Å². The molecule has 0 amide bonds. The number of hydrogen-bond donors (Lipinski definition) is 1. The Hall–Kier alpha value is -0.530. The summed E-state index contributed by atoms with van der Waals surface area (Å²) in [7, 11) is 0. The van der Waals surface area contributed by atoms with Crippen LogP contribution in [0.2, 0.25) is 0 Å². The lowest BCUT2D eigenvalue weighted by Gasteiger charge is -1.93. The lowest BCUT2D eigenvalue weighted by molar-refractivity contribution is -0.133. The van der Waals surface area contributed by atoms with Gasteiger partial charge in [-0.05, 0) is 5.92 Å². The minimum absolute atomic E-state index is 0.150. The van der Waals surface area contributed by atoms with Crippen LogP contribution in [-0.4, -0.2) is 11.1 Å². The first kappa shape index (κ1) is 6.47. The molecule has 1 N–H and O–H groups in total. The Labute approximate surface area is 43.2 Å². The van der Waals surface area contributed by atoms with Gasteiger partial charge in [0.05, 0.1) is 6.42 Å². The summed E-state index contributed by atoms with van der Waals surface area (Å²) in [5.74, 6) is -0.688. The Bertz CT molecular complexity index is 66.5. The minimum Gasteiger partial charge on any atom is -0.481 e. The van der Waals surface area contributed by atoms with Crippen molar-refractivity contribution < 1.29 is 9.90 Å². The second-order valence-corrected chi connectivity index (χ2v) is 1.75. The van der Waals surface area contributed by atoms with Gasteiger partial charge in [-0.3, -0.25) is 4.79 Å². The molecule has 0 aromatic rings. The molecular formula is C5H9O2. The Balaban J connectivity index is 3.13. The van der Waals surface area contributed by atoms with Crippen molar-refractivity contribution in [3.05, 3.63) is 6.42 Å². The molecule has 0 saturated carbocycles. The zero-order chi connectivity index (χ0) is 5.86. The molecule has 0 bridgehead atoms. The Morgan fingerprint density at radius 2 is 2.14 bits per heavy atom. The van der Waals surface area contributed by atoms with E-state index in [2.05, 4.69) is 0 Å². The Kier molecular flexibility index (Phi) is 2.41. The standard InChI is InChI=1S/C5H9O2/c1-4(2)3-5(6)7/h3-4H,1-2H3,(H,6,7). The number of carboxylic acid groups (broad SMARTS) is 1. The van der Waals surface area contributed by atoms with Crippen molar-refractivity contribution in [2.45, 2.75) is 13.8 Å². The number of rotatable bonds is 2. The molecule has 2 heteroatoms. The van der Waals surface area contributed by atoms with Gasteiger partial charge in [-0.2, -0.15) is 0 Å². The molecule has 0 saturated heterocycles. The lowest BCUT2D eigenvalue weighted by Crippen LogP contribution is -2.00. The smallest absolute Gasteiger partial charge is 0.307 e. The molecule has 0 aromatic carbocycles. The van der Waals surface area contributed by atoms with Crippen LogP contribution in [0.1, 0.15) is 13.8 Å². The first-order chi connectivity index (χ1) is 3.13. The molecule has 1 radical (unpaired) electrons. The van der Waals surface area contributed by atoms with Crippen molar-refractivity contribution >= 4 is 5.97 Å². The fourth-order valence-corrected chi connectivity index (χ4v) is 0.285. The number of carboxylic acids is 1. The van der Waals surface area contributed by atoms with E-state index in [1.54, 1.807) is 0 Å². The third-order valence-corrected chi connectivity index (χ3v) is 0.476. The molecular weight excluding hydrogens is 92.1 g/mol. The second kappa shape index (κ2) is 2.61. The summed E-state index contributed by atoms with van der Waals surface area (Å²) < 4.78 is 0. The first-order valence-electron chi connectivity index (χ1n) is 2.20. The van der Waals surface area contributed by atoms with E-state index in [4.69, 9.17) is 5.11 Å². The molecule has 0 aliphatic rings. The summed E-state index contributed by atoms with van der Waals surface area (Å²) in [4.78, 5) is 9.75. The average Bonchev–Trinajstić information content (AvgIpc) is 1.27. The maximum Gasteiger partial charge on any atom is 0.307 e. The van der Waals surface area contributed by atoms with E-state index in [-0.39, 0.29) is 5.92 Å². The van der Waals surface area contributed by atoms with Crippen molar-refractivity contribution in [3.63, 3.8) is 0 Å². The van der Waals surface area contributed by atoms with E-state index in [1.807, 2.05) is 13.8 Å². The highest BCUT2D eigenvalue weighted by atomic mass is 16.4. The van der Waals surface area contributed by atoms with Crippen LogP contribution in [0.5, 0.6) is 0 Å². The highest BCUT2D eigenvalue weighted by Crippen LogP contribution is 1.94. The molecule has 0 spiro atoms. The summed E-state index contributed by atoms with van der Waals surface area (Å²) in [6.07, 6.45) is 1.25. The van der Waals surface area contributed by atoms with E-state index in [0.717, 1.165) is 0 Å². The normalized spacial score (nSPS) is 9.57.